The number of halogens is 1. The van der Waals surface area contributed by atoms with Crippen molar-refractivity contribution in [3.63, 3.8) is 0 Å². The maximum Gasteiger partial charge on any atom is 0.252 e. The van der Waals surface area contributed by atoms with Gasteiger partial charge in [-0.15, -0.1) is 11.8 Å². The first kappa shape index (κ1) is 19.5. The average Bonchev–Trinajstić information content (AvgIpc) is 3.07. The van der Waals surface area contributed by atoms with Crippen LogP contribution in [0.4, 0.5) is 0 Å². The van der Waals surface area contributed by atoms with Gasteiger partial charge in [0, 0.05) is 17.6 Å². The molecule has 1 N–H and O–H groups in total. The van der Waals surface area contributed by atoms with Crippen LogP contribution >= 0.6 is 23.4 Å². The van der Waals surface area contributed by atoms with E-state index in [0.717, 1.165) is 29.1 Å². The molecular formula is C21H22ClN3OS. The quantitative estimate of drug-likeness (QED) is 0.453. The highest BCUT2D eigenvalue weighted by atomic mass is 35.5. The molecule has 3 aromatic rings. The van der Waals surface area contributed by atoms with Gasteiger partial charge in [0.05, 0.1) is 22.0 Å². The number of aryl methyl sites for hydroxylation is 2. The Bertz CT molecular complexity index is 924. The van der Waals surface area contributed by atoms with Gasteiger partial charge in [-0.25, -0.2) is 4.68 Å². The first-order chi connectivity index (χ1) is 13.1. The highest BCUT2D eigenvalue weighted by molar-refractivity contribution is 7.98. The second-order valence-electron chi connectivity index (χ2n) is 6.23. The van der Waals surface area contributed by atoms with Crippen molar-refractivity contribution in [1.29, 1.82) is 0 Å². The zero-order valence-corrected chi connectivity index (χ0v) is 17.0. The van der Waals surface area contributed by atoms with Crippen LogP contribution in [0.5, 0.6) is 0 Å². The Hall–Kier alpha value is -2.24. The minimum absolute atomic E-state index is 0.132. The molecule has 0 fully saturated rings. The molecule has 1 amide bonds. The topological polar surface area (TPSA) is 46.9 Å². The third-order valence-electron chi connectivity index (χ3n) is 4.35. The van der Waals surface area contributed by atoms with Crippen LogP contribution in [0.2, 0.25) is 5.02 Å². The maximum atomic E-state index is 12.4. The number of nitrogens with one attached hydrogen (secondary N) is 1. The van der Waals surface area contributed by atoms with E-state index in [1.54, 1.807) is 17.8 Å². The molecule has 3 rings (SSSR count). The van der Waals surface area contributed by atoms with Gasteiger partial charge >= 0.3 is 0 Å². The van der Waals surface area contributed by atoms with E-state index >= 15 is 0 Å². The van der Waals surface area contributed by atoms with E-state index in [1.165, 1.54) is 5.56 Å². The Morgan fingerprint density at radius 2 is 2.00 bits per heavy atom. The lowest BCUT2D eigenvalue weighted by molar-refractivity contribution is 0.0953. The van der Waals surface area contributed by atoms with Gasteiger partial charge < -0.3 is 5.32 Å². The largest absolute Gasteiger partial charge is 0.352 e. The van der Waals surface area contributed by atoms with Crippen LogP contribution in [0.1, 0.15) is 28.0 Å². The summed E-state index contributed by atoms with van der Waals surface area (Å²) in [6.45, 7) is 2.61. The summed E-state index contributed by atoms with van der Waals surface area (Å²) in [7, 11) is 0. The first-order valence-corrected chi connectivity index (χ1v) is 10.4. The number of aromatic nitrogens is 2. The summed E-state index contributed by atoms with van der Waals surface area (Å²) in [4.78, 5) is 13.4. The first-order valence-electron chi connectivity index (χ1n) is 8.81. The summed E-state index contributed by atoms with van der Waals surface area (Å²) in [5.74, 6) is -0.132. The third kappa shape index (κ3) is 4.93. The number of hydrogen-bond donors (Lipinski definition) is 1. The molecule has 0 aliphatic rings. The highest BCUT2D eigenvalue weighted by Crippen LogP contribution is 2.23. The van der Waals surface area contributed by atoms with E-state index in [1.807, 2.05) is 60.3 Å². The molecule has 140 valence electrons. The van der Waals surface area contributed by atoms with Crippen LogP contribution in [0, 0.1) is 6.92 Å². The van der Waals surface area contributed by atoms with Crippen molar-refractivity contribution in [2.45, 2.75) is 24.7 Å². The second-order valence-corrected chi connectivity index (χ2v) is 7.51. The predicted molar refractivity (Wildman–Crippen MR) is 112 cm³/mol. The minimum atomic E-state index is -0.132. The van der Waals surface area contributed by atoms with Crippen molar-refractivity contribution in [2.75, 3.05) is 12.8 Å². The van der Waals surface area contributed by atoms with E-state index in [9.17, 15) is 4.79 Å². The van der Waals surface area contributed by atoms with Crippen molar-refractivity contribution in [3.8, 4) is 5.69 Å². The molecule has 0 atom stereocenters. The van der Waals surface area contributed by atoms with Crippen LogP contribution in [-0.4, -0.2) is 28.5 Å². The smallest absolute Gasteiger partial charge is 0.252 e. The van der Waals surface area contributed by atoms with Crippen molar-refractivity contribution in [1.82, 2.24) is 15.1 Å². The second kappa shape index (κ2) is 9.11. The van der Waals surface area contributed by atoms with Gasteiger partial charge in [-0.2, -0.15) is 5.10 Å². The van der Waals surface area contributed by atoms with Crippen LogP contribution in [0.15, 0.2) is 59.6 Å². The van der Waals surface area contributed by atoms with Crippen LogP contribution in [0.3, 0.4) is 0 Å². The molecule has 0 aliphatic heterocycles. The van der Waals surface area contributed by atoms with E-state index < -0.39 is 0 Å². The van der Waals surface area contributed by atoms with Gasteiger partial charge in [0.25, 0.3) is 5.91 Å². The molecule has 0 unspecified atom stereocenters. The molecule has 0 spiro atoms. The molecule has 27 heavy (non-hydrogen) atoms. The monoisotopic (exact) mass is 399 g/mol. The molecule has 0 radical (unpaired) electrons. The van der Waals surface area contributed by atoms with Crippen LogP contribution < -0.4 is 5.32 Å². The summed E-state index contributed by atoms with van der Waals surface area (Å²) in [5.41, 5.74) is 3.77. The lowest BCUT2D eigenvalue weighted by Gasteiger charge is -2.08. The van der Waals surface area contributed by atoms with Gasteiger partial charge in [0.1, 0.15) is 0 Å². The van der Waals surface area contributed by atoms with Crippen molar-refractivity contribution >= 4 is 29.3 Å². The molecule has 0 aliphatic carbocycles. The van der Waals surface area contributed by atoms with Gasteiger partial charge in [-0.1, -0.05) is 29.8 Å². The Labute approximate surface area is 168 Å². The molecule has 4 nitrogen and oxygen atoms in total. The molecule has 1 heterocycles. The summed E-state index contributed by atoms with van der Waals surface area (Å²) in [5, 5.41) is 8.02. The summed E-state index contributed by atoms with van der Waals surface area (Å²) < 4.78 is 1.90. The number of amides is 1. The minimum Gasteiger partial charge on any atom is -0.352 e. The van der Waals surface area contributed by atoms with Crippen molar-refractivity contribution < 1.29 is 4.79 Å². The normalized spacial score (nSPS) is 10.8. The molecular weight excluding hydrogens is 378 g/mol. The molecule has 0 saturated carbocycles. The Morgan fingerprint density at radius 3 is 2.74 bits per heavy atom. The Kier molecular flexibility index (Phi) is 6.58. The maximum absolute atomic E-state index is 12.4. The Balaban J connectivity index is 1.55. The number of para-hydroxylation sites is 1. The number of carbonyl (C=O) groups is 1. The SMILES string of the molecule is CSc1ccc(Cl)c(C(=O)NCCCc2cn(-c3ccccc3)nc2C)c1. The fraction of sp³-hybridized carbons (Fsp3) is 0.238. The number of thioether (sulfide) groups is 1. The zero-order valence-electron chi connectivity index (χ0n) is 15.4. The van der Waals surface area contributed by atoms with E-state index in [2.05, 4.69) is 16.6 Å². The summed E-state index contributed by atoms with van der Waals surface area (Å²) in [6.07, 6.45) is 5.73. The molecule has 2 aromatic carbocycles. The molecule has 0 saturated heterocycles. The number of benzene rings is 2. The van der Waals surface area contributed by atoms with Crippen molar-refractivity contribution in [2.24, 2.45) is 0 Å². The molecule has 1 aromatic heterocycles. The lowest BCUT2D eigenvalue weighted by Crippen LogP contribution is -2.25. The zero-order chi connectivity index (χ0) is 19.2. The standard InChI is InChI=1S/C21H22ClN3OS/c1-15-16(14-25(24-15)17-8-4-3-5-9-17)7-6-12-23-21(26)19-13-18(27-2)10-11-20(19)22/h3-5,8-11,13-14H,6-7,12H2,1-2H3,(H,23,26). The number of carbonyl (C=O) groups excluding carboxylic acids is 1. The van der Waals surface area contributed by atoms with Crippen LogP contribution in [0.25, 0.3) is 5.69 Å². The van der Waals surface area contributed by atoms with Gasteiger partial charge in [-0.05, 0) is 61.9 Å². The van der Waals surface area contributed by atoms with E-state index in [0.29, 0.717) is 17.1 Å². The predicted octanol–water partition coefficient (Wildman–Crippen LogP) is 4.92. The molecule has 0 bridgehead atoms. The third-order valence-corrected chi connectivity index (χ3v) is 5.40. The number of nitrogens with zero attached hydrogens (tertiary/aromatic N) is 2. The number of hydrogen-bond acceptors (Lipinski definition) is 3. The van der Waals surface area contributed by atoms with E-state index in [-0.39, 0.29) is 5.91 Å². The number of rotatable bonds is 7. The van der Waals surface area contributed by atoms with Gasteiger partial charge in [-0.3, -0.25) is 4.79 Å². The van der Waals surface area contributed by atoms with Crippen molar-refractivity contribution in [3.05, 3.63) is 76.6 Å². The van der Waals surface area contributed by atoms with Gasteiger partial charge in [0.2, 0.25) is 0 Å². The fourth-order valence-corrected chi connectivity index (χ4v) is 3.48. The van der Waals surface area contributed by atoms with Gasteiger partial charge in [0.15, 0.2) is 0 Å². The average molecular weight is 400 g/mol. The molecule has 6 heteroatoms. The Morgan fingerprint density at radius 1 is 1.22 bits per heavy atom. The summed E-state index contributed by atoms with van der Waals surface area (Å²) >= 11 is 7.75. The van der Waals surface area contributed by atoms with Crippen LogP contribution in [-0.2, 0) is 6.42 Å². The van der Waals surface area contributed by atoms with E-state index in [4.69, 9.17) is 11.6 Å². The highest BCUT2D eigenvalue weighted by Gasteiger charge is 2.11. The lowest BCUT2D eigenvalue weighted by atomic mass is 10.1. The summed E-state index contributed by atoms with van der Waals surface area (Å²) in [6, 6.07) is 15.6. The fourth-order valence-electron chi connectivity index (χ4n) is 2.84.